The van der Waals surface area contributed by atoms with Crippen LogP contribution in [0, 0.1) is 5.92 Å². The molecule has 1 aliphatic heterocycles. The molecule has 3 heteroatoms. The molecule has 1 aliphatic rings. The third-order valence-electron chi connectivity index (χ3n) is 4.07. The molecule has 21 heavy (non-hydrogen) atoms. The van der Waals surface area contributed by atoms with Crippen molar-refractivity contribution >= 4 is 5.78 Å². The maximum atomic E-state index is 11.8. The van der Waals surface area contributed by atoms with E-state index in [0.717, 1.165) is 6.54 Å². The Balaban J connectivity index is 0.00000106. The zero-order chi connectivity index (χ0) is 15.8. The van der Waals surface area contributed by atoms with Crippen LogP contribution in [0.25, 0.3) is 0 Å². The molecule has 0 aromatic carbocycles. The number of likely N-dealkylation sites (tertiary alicyclic amines) is 1. The summed E-state index contributed by atoms with van der Waals surface area (Å²) in [6.07, 6.45) is 4.31. The highest BCUT2D eigenvalue weighted by molar-refractivity contribution is 5.95. The Kier molecular flexibility index (Phi) is 7.58. The van der Waals surface area contributed by atoms with E-state index in [0.29, 0.717) is 11.6 Å². The van der Waals surface area contributed by atoms with Gasteiger partial charge in [-0.05, 0) is 50.0 Å². The number of ketones is 1. The van der Waals surface area contributed by atoms with Crippen LogP contribution in [0.5, 0.6) is 0 Å². The molecule has 0 aliphatic carbocycles. The standard InChI is InChI=1S/C16H24N2O.C2H6/c1-4-18-9-7-13(8-10-18)14-5-6-15(17-11-14)16(19)12(2)3;1-2/h5-6,11-13H,4,7-10H2,1-3H3;1-2H3. The summed E-state index contributed by atoms with van der Waals surface area (Å²) < 4.78 is 0. The molecule has 3 nitrogen and oxygen atoms in total. The SMILES string of the molecule is CC.CCN1CCC(c2ccc(C(=O)C(C)C)nc2)CC1. The molecular weight excluding hydrogens is 260 g/mol. The summed E-state index contributed by atoms with van der Waals surface area (Å²) in [7, 11) is 0. The van der Waals surface area contributed by atoms with Crippen LogP contribution in [0.3, 0.4) is 0 Å². The van der Waals surface area contributed by atoms with Crippen LogP contribution < -0.4 is 0 Å². The van der Waals surface area contributed by atoms with Crippen molar-refractivity contribution in [3.63, 3.8) is 0 Å². The molecule has 0 atom stereocenters. The highest BCUT2D eigenvalue weighted by Gasteiger charge is 2.20. The normalized spacial score (nSPS) is 16.5. The van der Waals surface area contributed by atoms with E-state index < -0.39 is 0 Å². The fraction of sp³-hybridized carbons (Fsp3) is 0.667. The average molecular weight is 290 g/mol. The van der Waals surface area contributed by atoms with Gasteiger partial charge in [0.15, 0.2) is 5.78 Å². The smallest absolute Gasteiger partial charge is 0.183 e. The van der Waals surface area contributed by atoms with Gasteiger partial charge in [-0.2, -0.15) is 0 Å². The second-order valence-electron chi connectivity index (χ2n) is 5.70. The summed E-state index contributed by atoms with van der Waals surface area (Å²) >= 11 is 0. The van der Waals surface area contributed by atoms with Crippen LogP contribution in [-0.4, -0.2) is 35.3 Å². The second-order valence-corrected chi connectivity index (χ2v) is 5.70. The third kappa shape index (κ3) is 4.92. The molecule has 0 bridgehead atoms. The molecule has 0 spiro atoms. The second kappa shape index (κ2) is 8.93. The molecule has 0 radical (unpaired) electrons. The molecule has 1 fully saturated rings. The predicted molar refractivity (Wildman–Crippen MR) is 88.8 cm³/mol. The summed E-state index contributed by atoms with van der Waals surface area (Å²) in [6, 6.07) is 3.98. The molecule has 1 saturated heterocycles. The molecule has 1 aromatic rings. The minimum Gasteiger partial charge on any atom is -0.304 e. The Morgan fingerprint density at radius 3 is 2.33 bits per heavy atom. The third-order valence-corrected chi connectivity index (χ3v) is 4.07. The van der Waals surface area contributed by atoms with Crippen LogP contribution in [0.15, 0.2) is 18.3 Å². The van der Waals surface area contributed by atoms with Gasteiger partial charge in [0, 0.05) is 12.1 Å². The Labute approximate surface area is 129 Å². The lowest BCUT2D eigenvalue weighted by Crippen LogP contribution is -2.32. The number of pyridine rings is 1. The van der Waals surface area contributed by atoms with Gasteiger partial charge < -0.3 is 4.90 Å². The van der Waals surface area contributed by atoms with Gasteiger partial charge >= 0.3 is 0 Å². The van der Waals surface area contributed by atoms with Crippen molar-refractivity contribution in [1.82, 2.24) is 9.88 Å². The van der Waals surface area contributed by atoms with Crippen molar-refractivity contribution in [2.24, 2.45) is 5.92 Å². The van der Waals surface area contributed by atoms with Crippen molar-refractivity contribution in [2.45, 2.75) is 53.4 Å². The zero-order valence-electron chi connectivity index (χ0n) is 14.2. The van der Waals surface area contributed by atoms with Gasteiger partial charge in [0.05, 0.1) is 0 Å². The number of rotatable bonds is 4. The Bertz CT molecular complexity index is 417. The molecule has 0 N–H and O–H groups in total. The van der Waals surface area contributed by atoms with Crippen molar-refractivity contribution in [2.75, 3.05) is 19.6 Å². The molecular formula is C18H30N2O. The first-order valence-corrected chi connectivity index (χ1v) is 8.34. The van der Waals surface area contributed by atoms with Crippen molar-refractivity contribution in [1.29, 1.82) is 0 Å². The number of nitrogens with zero attached hydrogens (tertiary/aromatic N) is 2. The van der Waals surface area contributed by atoms with E-state index in [2.05, 4.69) is 22.9 Å². The molecule has 0 amide bonds. The van der Waals surface area contributed by atoms with Gasteiger partial charge in [0.2, 0.25) is 0 Å². The lowest BCUT2D eigenvalue weighted by Gasteiger charge is -2.31. The maximum Gasteiger partial charge on any atom is 0.183 e. The fourth-order valence-electron chi connectivity index (χ4n) is 2.67. The Morgan fingerprint density at radius 2 is 1.90 bits per heavy atom. The number of hydrogen-bond acceptors (Lipinski definition) is 3. The van der Waals surface area contributed by atoms with Crippen LogP contribution in [0.1, 0.15) is 69.4 Å². The van der Waals surface area contributed by atoms with Crippen molar-refractivity contribution in [3.05, 3.63) is 29.6 Å². The van der Waals surface area contributed by atoms with E-state index in [9.17, 15) is 4.79 Å². The molecule has 2 heterocycles. The van der Waals surface area contributed by atoms with Gasteiger partial charge in [-0.1, -0.05) is 40.7 Å². The summed E-state index contributed by atoms with van der Waals surface area (Å²) in [4.78, 5) is 18.7. The van der Waals surface area contributed by atoms with E-state index in [-0.39, 0.29) is 11.7 Å². The average Bonchev–Trinajstić information content (AvgIpc) is 2.56. The lowest BCUT2D eigenvalue weighted by atomic mass is 9.90. The number of piperidine rings is 1. The van der Waals surface area contributed by atoms with Crippen molar-refractivity contribution in [3.8, 4) is 0 Å². The number of hydrogen-bond donors (Lipinski definition) is 0. The van der Waals surface area contributed by atoms with E-state index in [1.165, 1.54) is 31.5 Å². The number of aromatic nitrogens is 1. The first-order valence-electron chi connectivity index (χ1n) is 8.34. The molecule has 1 aromatic heterocycles. The number of Topliss-reactive ketones (excluding diaryl/α,β-unsaturated/α-hetero) is 1. The molecule has 118 valence electrons. The van der Waals surface area contributed by atoms with Gasteiger partial charge in [-0.3, -0.25) is 9.78 Å². The van der Waals surface area contributed by atoms with Gasteiger partial charge in [0.1, 0.15) is 5.69 Å². The van der Waals surface area contributed by atoms with Crippen LogP contribution >= 0.6 is 0 Å². The minimum atomic E-state index is 0.0196. The topological polar surface area (TPSA) is 33.2 Å². The predicted octanol–water partition coefficient (Wildman–Crippen LogP) is 4.15. The number of carbonyl (C=O) groups is 1. The minimum absolute atomic E-state index is 0.0196. The molecule has 2 rings (SSSR count). The van der Waals surface area contributed by atoms with Crippen molar-refractivity contribution < 1.29 is 4.79 Å². The van der Waals surface area contributed by atoms with Crippen LogP contribution in [0.4, 0.5) is 0 Å². The van der Waals surface area contributed by atoms with E-state index in [1.54, 1.807) is 0 Å². The zero-order valence-corrected chi connectivity index (χ0v) is 14.2. The maximum absolute atomic E-state index is 11.8. The van der Waals surface area contributed by atoms with Gasteiger partial charge in [-0.25, -0.2) is 0 Å². The Morgan fingerprint density at radius 1 is 1.29 bits per heavy atom. The van der Waals surface area contributed by atoms with E-state index in [1.807, 2.05) is 40.0 Å². The highest BCUT2D eigenvalue weighted by Crippen LogP contribution is 2.27. The lowest BCUT2D eigenvalue weighted by molar-refractivity contribution is 0.0934. The highest BCUT2D eigenvalue weighted by atomic mass is 16.1. The van der Waals surface area contributed by atoms with Crippen LogP contribution in [-0.2, 0) is 0 Å². The molecule has 0 unspecified atom stereocenters. The summed E-state index contributed by atoms with van der Waals surface area (Å²) in [5.41, 5.74) is 1.89. The number of carbonyl (C=O) groups excluding carboxylic acids is 1. The fourth-order valence-corrected chi connectivity index (χ4v) is 2.67. The quantitative estimate of drug-likeness (QED) is 0.781. The van der Waals surface area contributed by atoms with Crippen LogP contribution in [0.2, 0.25) is 0 Å². The van der Waals surface area contributed by atoms with E-state index >= 15 is 0 Å². The first-order chi connectivity index (χ1) is 10.1. The summed E-state index contributed by atoms with van der Waals surface area (Å²) in [5.74, 6) is 0.761. The van der Waals surface area contributed by atoms with Gasteiger partial charge in [-0.15, -0.1) is 0 Å². The largest absolute Gasteiger partial charge is 0.304 e. The van der Waals surface area contributed by atoms with E-state index in [4.69, 9.17) is 0 Å². The summed E-state index contributed by atoms with van der Waals surface area (Å²) in [6.45, 7) is 13.5. The Hall–Kier alpha value is -1.22. The first kappa shape index (κ1) is 17.8. The summed E-state index contributed by atoms with van der Waals surface area (Å²) in [5, 5.41) is 0. The monoisotopic (exact) mass is 290 g/mol. The van der Waals surface area contributed by atoms with Gasteiger partial charge in [0.25, 0.3) is 0 Å². The molecule has 0 saturated carbocycles.